The van der Waals surface area contributed by atoms with Crippen LogP contribution < -0.4 is 10.1 Å². The van der Waals surface area contributed by atoms with Gasteiger partial charge in [0.25, 0.3) is 5.88 Å². The van der Waals surface area contributed by atoms with Crippen molar-refractivity contribution in [3.8, 4) is 5.88 Å². The predicted molar refractivity (Wildman–Crippen MR) is 76.0 cm³/mol. The number of hydrogen-bond acceptors (Lipinski definition) is 7. The molecule has 1 N–H and O–H groups in total. The van der Waals surface area contributed by atoms with E-state index < -0.39 is 5.82 Å². The number of aromatic nitrogens is 4. The molecule has 0 unspecified atom stereocenters. The van der Waals surface area contributed by atoms with Crippen LogP contribution in [-0.2, 0) is 6.54 Å². The van der Waals surface area contributed by atoms with Gasteiger partial charge in [0.05, 0.1) is 19.9 Å². The van der Waals surface area contributed by atoms with E-state index in [1.54, 1.807) is 0 Å². The minimum absolute atomic E-state index is 0.106. The second-order valence-electron chi connectivity index (χ2n) is 5.29. The summed E-state index contributed by atoms with van der Waals surface area (Å²) in [7, 11) is 1.35. The van der Waals surface area contributed by atoms with Gasteiger partial charge in [-0.2, -0.15) is 14.4 Å². The van der Waals surface area contributed by atoms with E-state index >= 15 is 0 Å². The summed E-state index contributed by atoms with van der Waals surface area (Å²) in [6.45, 7) is 0.286. The van der Waals surface area contributed by atoms with Gasteiger partial charge in [-0.1, -0.05) is 24.4 Å². The molecule has 2 aromatic heterocycles. The Bertz CT molecular complexity index is 627. The largest absolute Gasteiger partial charge is 0.479 e. The van der Waals surface area contributed by atoms with Gasteiger partial charge in [-0.3, -0.25) is 0 Å². The lowest BCUT2D eigenvalue weighted by atomic mass is 9.89. The van der Waals surface area contributed by atoms with Crippen molar-refractivity contribution in [2.75, 3.05) is 12.4 Å². The van der Waals surface area contributed by atoms with Gasteiger partial charge in [-0.05, 0) is 12.8 Å². The van der Waals surface area contributed by atoms with Gasteiger partial charge in [0, 0.05) is 5.92 Å². The van der Waals surface area contributed by atoms with Crippen molar-refractivity contribution < 1.29 is 13.7 Å². The van der Waals surface area contributed by atoms with Crippen molar-refractivity contribution in [2.45, 2.75) is 44.6 Å². The number of methoxy groups -OCH3 is 1. The van der Waals surface area contributed by atoms with Crippen LogP contribution in [0.4, 0.5) is 10.3 Å². The molecule has 0 amide bonds. The van der Waals surface area contributed by atoms with E-state index in [0.29, 0.717) is 11.8 Å². The van der Waals surface area contributed by atoms with E-state index in [1.165, 1.54) is 26.4 Å². The lowest BCUT2D eigenvalue weighted by Crippen LogP contribution is -2.07. The Labute approximate surface area is 127 Å². The lowest BCUT2D eigenvalue weighted by molar-refractivity contribution is 0.359. The highest BCUT2D eigenvalue weighted by Gasteiger charge is 2.20. The first-order chi connectivity index (χ1) is 10.8. The third-order valence-electron chi connectivity index (χ3n) is 3.76. The number of nitrogens with zero attached hydrogens (tertiary/aromatic N) is 4. The number of ether oxygens (including phenoxy) is 1. The number of anilines is 1. The standard InChI is InChI=1S/C14H18FN5O2/c1-21-13-10(15)7-16-14(19-13)17-8-11-18-12(20-22-11)9-5-3-2-4-6-9/h7,9H,2-6,8H2,1H3,(H,16,17,19). The molecular formula is C14H18FN5O2. The third-order valence-corrected chi connectivity index (χ3v) is 3.76. The molecule has 1 saturated carbocycles. The van der Waals surface area contributed by atoms with Crippen LogP contribution in [0.2, 0.25) is 0 Å². The monoisotopic (exact) mass is 307 g/mol. The lowest BCUT2D eigenvalue weighted by Gasteiger charge is -2.17. The van der Waals surface area contributed by atoms with Crippen molar-refractivity contribution in [1.82, 2.24) is 20.1 Å². The van der Waals surface area contributed by atoms with Crippen molar-refractivity contribution in [3.63, 3.8) is 0 Å². The normalized spacial score (nSPS) is 15.7. The summed E-state index contributed by atoms with van der Waals surface area (Å²) in [6.07, 6.45) is 7.00. The van der Waals surface area contributed by atoms with Crippen LogP contribution in [0.25, 0.3) is 0 Å². The van der Waals surface area contributed by atoms with Gasteiger partial charge in [0.1, 0.15) is 0 Å². The second-order valence-corrected chi connectivity index (χ2v) is 5.29. The molecule has 118 valence electrons. The zero-order valence-corrected chi connectivity index (χ0v) is 12.4. The van der Waals surface area contributed by atoms with Crippen LogP contribution >= 0.6 is 0 Å². The molecule has 0 aromatic carbocycles. The topological polar surface area (TPSA) is 86.0 Å². The van der Waals surface area contributed by atoms with Crippen LogP contribution in [-0.4, -0.2) is 27.2 Å². The zero-order chi connectivity index (χ0) is 15.4. The Morgan fingerprint density at radius 1 is 1.32 bits per heavy atom. The van der Waals surface area contributed by atoms with E-state index in [1.807, 2.05) is 0 Å². The molecule has 0 bridgehead atoms. The summed E-state index contributed by atoms with van der Waals surface area (Å²) in [5.74, 6) is 1.17. The Kier molecular flexibility index (Phi) is 4.45. The molecule has 1 fully saturated rings. The average molecular weight is 307 g/mol. The molecule has 8 heteroatoms. The van der Waals surface area contributed by atoms with Crippen molar-refractivity contribution >= 4 is 5.95 Å². The summed E-state index contributed by atoms with van der Waals surface area (Å²) >= 11 is 0. The molecule has 0 aliphatic heterocycles. The fourth-order valence-electron chi connectivity index (χ4n) is 2.60. The SMILES string of the molecule is COc1nc(NCc2nc(C3CCCCC3)no2)ncc1F. The van der Waals surface area contributed by atoms with Crippen molar-refractivity contribution in [1.29, 1.82) is 0 Å². The maximum Gasteiger partial charge on any atom is 0.255 e. The molecule has 7 nitrogen and oxygen atoms in total. The number of hydrogen-bond donors (Lipinski definition) is 1. The molecule has 0 radical (unpaired) electrons. The zero-order valence-electron chi connectivity index (χ0n) is 12.4. The van der Waals surface area contributed by atoms with Crippen LogP contribution in [0.3, 0.4) is 0 Å². The molecule has 3 rings (SSSR count). The smallest absolute Gasteiger partial charge is 0.255 e. The van der Waals surface area contributed by atoms with E-state index in [9.17, 15) is 4.39 Å². The molecule has 22 heavy (non-hydrogen) atoms. The Balaban J connectivity index is 1.60. The van der Waals surface area contributed by atoms with Gasteiger partial charge in [0.2, 0.25) is 17.7 Å². The van der Waals surface area contributed by atoms with Crippen molar-refractivity contribution in [2.24, 2.45) is 0 Å². The van der Waals surface area contributed by atoms with Crippen LogP contribution in [0.15, 0.2) is 10.7 Å². The average Bonchev–Trinajstić information content (AvgIpc) is 3.04. The molecule has 1 aliphatic carbocycles. The highest BCUT2D eigenvalue weighted by Crippen LogP contribution is 2.30. The summed E-state index contributed by atoms with van der Waals surface area (Å²) in [6, 6.07) is 0. The molecule has 0 atom stereocenters. The highest BCUT2D eigenvalue weighted by molar-refractivity contribution is 5.28. The Morgan fingerprint density at radius 2 is 2.14 bits per heavy atom. The van der Waals surface area contributed by atoms with E-state index in [0.717, 1.165) is 24.9 Å². The van der Waals surface area contributed by atoms with E-state index in [4.69, 9.17) is 9.26 Å². The fourth-order valence-corrected chi connectivity index (χ4v) is 2.60. The fraction of sp³-hybridized carbons (Fsp3) is 0.571. The second kappa shape index (κ2) is 6.67. The molecule has 0 spiro atoms. The quantitative estimate of drug-likeness (QED) is 0.908. The minimum atomic E-state index is -0.606. The first-order valence-corrected chi connectivity index (χ1v) is 7.39. The van der Waals surface area contributed by atoms with Gasteiger partial charge in [-0.15, -0.1) is 0 Å². The highest BCUT2D eigenvalue weighted by atomic mass is 19.1. The van der Waals surface area contributed by atoms with Crippen LogP contribution in [0.5, 0.6) is 5.88 Å². The Morgan fingerprint density at radius 3 is 2.91 bits per heavy atom. The van der Waals surface area contributed by atoms with Crippen LogP contribution in [0.1, 0.15) is 49.7 Å². The van der Waals surface area contributed by atoms with Crippen molar-refractivity contribution in [3.05, 3.63) is 23.7 Å². The molecular weight excluding hydrogens is 289 g/mol. The summed E-state index contributed by atoms with van der Waals surface area (Å²) in [4.78, 5) is 12.1. The number of nitrogens with one attached hydrogen (secondary N) is 1. The first kappa shape index (κ1) is 14.7. The van der Waals surface area contributed by atoms with E-state index in [2.05, 4.69) is 25.4 Å². The maximum absolute atomic E-state index is 13.2. The van der Waals surface area contributed by atoms with Gasteiger partial charge < -0.3 is 14.6 Å². The minimum Gasteiger partial charge on any atom is -0.479 e. The van der Waals surface area contributed by atoms with Crippen LogP contribution in [0, 0.1) is 5.82 Å². The van der Waals surface area contributed by atoms with Gasteiger partial charge in [0.15, 0.2) is 5.82 Å². The van der Waals surface area contributed by atoms with Gasteiger partial charge in [-0.25, -0.2) is 4.98 Å². The molecule has 2 aromatic rings. The number of halogens is 1. The molecule has 2 heterocycles. The Hall–Kier alpha value is -2.25. The molecule has 0 saturated heterocycles. The number of rotatable bonds is 5. The molecule has 1 aliphatic rings. The summed E-state index contributed by atoms with van der Waals surface area (Å²) in [5.41, 5.74) is 0. The predicted octanol–water partition coefficient (Wildman–Crippen LogP) is 2.67. The van der Waals surface area contributed by atoms with E-state index in [-0.39, 0.29) is 18.4 Å². The summed E-state index contributed by atoms with van der Waals surface area (Å²) < 4.78 is 23.3. The first-order valence-electron chi connectivity index (χ1n) is 7.39. The maximum atomic E-state index is 13.2. The van der Waals surface area contributed by atoms with Gasteiger partial charge >= 0.3 is 0 Å². The summed E-state index contributed by atoms with van der Waals surface area (Å²) in [5, 5.41) is 6.96. The third kappa shape index (κ3) is 3.32.